The van der Waals surface area contributed by atoms with Crippen LogP contribution in [-0.2, 0) is 4.74 Å². The average Bonchev–Trinajstić information content (AvgIpc) is 2.96. The largest absolute Gasteiger partial charge is 0.394 e. The van der Waals surface area contributed by atoms with Gasteiger partial charge < -0.3 is 20.1 Å². The van der Waals surface area contributed by atoms with Crippen LogP contribution < -0.4 is 0 Å². The summed E-state index contributed by atoms with van der Waals surface area (Å²) in [5.74, 6) is 0. The van der Waals surface area contributed by atoms with Gasteiger partial charge in [-0.15, -0.1) is 0 Å². The number of fused-ring (bicyclic) bond motifs is 1. The Morgan fingerprint density at radius 3 is 2.83 bits per heavy atom. The van der Waals surface area contributed by atoms with Crippen molar-refractivity contribution in [3.8, 4) is 0 Å². The van der Waals surface area contributed by atoms with Crippen molar-refractivity contribution >= 4 is 11.0 Å². The number of aliphatic hydroxyl groups is 3. The van der Waals surface area contributed by atoms with Crippen molar-refractivity contribution in [3.05, 3.63) is 18.2 Å². The third-order valence-electron chi connectivity index (χ3n) is 3.09. The zero-order chi connectivity index (χ0) is 12.7. The van der Waals surface area contributed by atoms with Crippen molar-refractivity contribution < 1.29 is 20.1 Å². The molecule has 0 aliphatic carbocycles. The Morgan fingerprint density at radius 2 is 2.11 bits per heavy atom. The van der Waals surface area contributed by atoms with Crippen molar-refractivity contribution in [1.29, 1.82) is 0 Å². The third-order valence-corrected chi connectivity index (χ3v) is 3.09. The summed E-state index contributed by atoms with van der Waals surface area (Å²) in [5.41, 5.74) is 0.967. The summed E-state index contributed by atoms with van der Waals surface area (Å²) < 4.78 is 5.42. The molecule has 0 bridgehead atoms. The monoisotopic (exact) mass is 252 g/mol. The van der Waals surface area contributed by atoms with E-state index >= 15 is 0 Å². The van der Waals surface area contributed by atoms with Crippen molar-refractivity contribution in [1.82, 2.24) is 20.2 Å². The van der Waals surface area contributed by atoms with Crippen LogP contribution >= 0.6 is 0 Å². The van der Waals surface area contributed by atoms with Crippen LogP contribution in [0.3, 0.4) is 0 Å². The number of nitrogens with one attached hydrogen (secondary N) is 1. The van der Waals surface area contributed by atoms with Crippen LogP contribution in [0.25, 0.3) is 11.0 Å². The number of H-pyrrole nitrogens is 1. The molecule has 0 radical (unpaired) electrons. The highest BCUT2D eigenvalue weighted by molar-refractivity contribution is 5.76. The maximum Gasteiger partial charge on any atom is 0.158 e. The molecular weight excluding hydrogens is 240 g/mol. The van der Waals surface area contributed by atoms with Gasteiger partial charge in [0.15, 0.2) is 5.65 Å². The summed E-state index contributed by atoms with van der Waals surface area (Å²) in [6, 6.07) is 0. The van der Waals surface area contributed by atoms with E-state index in [-0.39, 0.29) is 6.61 Å². The fraction of sp³-hybridized carbons (Fsp3) is 0.500. The Labute approximate surface area is 101 Å². The molecule has 0 saturated carbocycles. The number of aromatic amines is 1. The molecule has 4 N–H and O–H groups in total. The second kappa shape index (κ2) is 4.25. The second-order valence-corrected chi connectivity index (χ2v) is 4.15. The van der Waals surface area contributed by atoms with Gasteiger partial charge in [-0.25, -0.2) is 9.97 Å². The SMILES string of the molecule is OC[C@H]1O[C@@H](c2ncnc3[nH]ncc23)[C@H](O)[C@@H]1O. The Hall–Kier alpha value is -1.61. The van der Waals surface area contributed by atoms with E-state index in [2.05, 4.69) is 20.2 Å². The Bertz CT molecular complexity index is 560. The van der Waals surface area contributed by atoms with E-state index in [0.717, 1.165) is 0 Å². The maximum atomic E-state index is 9.93. The Kier molecular flexibility index (Phi) is 2.71. The number of aromatic nitrogens is 4. The highest BCUT2D eigenvalue weighted by atomic mass is 16.6. The van der Waals surface area contributed by atoms with Gasteiger partial charge in [-0.2, -0.15) is 5.10 Å². The molecule has 2 aromatic rings. The van der Waals surface area contributed by atoms with E-state index in [1.54, 1.807) is 0 Å². The minimum Gasteiger partial charge on any atom is -0.394 e. The third kappa shape index (κ3) is 1.58. The van der Waals surface area contributed by atoms with Crippen LogP contribution in [0.4, 0.5) is 0 Å². The van der Waals surface area contributed by atoms with Gasteiger partial charge >= 0.3 is 0 Å². The van der Waals surface area contributed by atoms with Crippen LogP contribution in [0, 0.1) is 0 Å². The van der Waals surface area contributed by atoms with E-state index in [1.807, 2.05) is 0 Å². The van der Waals surface area contributed by atoms with E-state index in [1.165, 1.54) is 12.5 Å². The lowest BCUT2D eigenvalue weighted by molar-refractivity contribution is -0.0235. The van der Waals surface area contributed by atoms with E-state index in [4.69, 9.17) is 9.84 Å². The summed E-state index contributed by atoms with van der Waals surface area (Å²) in [6.45, 7) is -0.367. The van der Waals surface area contributed by atoms with Gasteiger partial charge in [0.05, 0.1) is 23.9 Å². The molecule has 8 nitrogen and oxygen atoms in total. The fourth-order valence-corrected chi connectivity index (χ4v) is 2.14. The molecule has 3 heterocycles. The Morgan fingerprint density at radius 1 is 1.28 bits per heavy atom. The molecule has 0 aromatic carbocycles. The van der Waals surface area contributed by atoms with Crippen molar-refractivity contribution in [2.75, 3.05) is 6.61 Å². The van der Waals surface area contributed by atoms with Crippen molar-refractivity contribution in [2.24, 2.45) is 0 Å². The van der Waals surface area contributed by atoms with Gasteiger partial charge in [0.1, 0.15) is 30.7 Å². The molecule has 2 aromatic heterocycles. The van der Waals surface area contributed by atoms with Gasteiger partial charge in [-0.3, -0.25) is 5.10 Å². The smallest absolute Gasteiger partial charge is 0.158 e. The summed E-state index contributed by atoms with van der Waals surface area (Å²) in [6.07, 6.45) is -1.06. The summed E-state index contributed by atoms with van der Waals surface area (Å²) in [4.78, 5) is 8.04. The average molecular weight is 252 g/mol. The topological polar surface area (TPSA) is 124 Å². The number of nitrogens with zero attached hydrogens (tertiary/aromatic N) is 3. The molecule has 1 fully saturated rings. The predicted molar refractivity (Wildman–Crippen MR) is 58.4 cm³/mol. The van der Waals surface area contributed by atoms with Crippen LogP contribution in [0.2, 0.25) is 0 Å². The molecule has 0 unspecified atom stereocenters. The van der Waals surface area contributed by atoms with Gasteiger partial charge in [0.2, 0.25) is 0 Å². The lowest BCUT2D eigenvalue weighted by Crippen LogP contribution is -2.32. The highest BCUT2D eigenvalue weighted by Gasteiger charge is 2.44. The normalized spacial score (nSPS) is 32.2. The van der Waals surface area contributed by atoms with Gasteiger partial charge in [0, 0.05) is 0 Å². The van der Waals surface area contributed by atoms with Crippen LogP contribution in [-0.4, -0.2) is 60.4 Å². The fourth-order valence-electron chi connectivity index (χ4n) is 2.14. The number of hydrogen-bond donors (Lipinski definition) is 4. The van der Waals surface area contributed by atoms with Gasteiger partial charge in [-0.05, 0) is 0 Å². The lowest BCUT2D eigenvalue weighted by Gasteiger charge is -2.14. The first-order valence-electron chi connectivity index (χ1n) is 5.49. The second-order valence-electron chi connectivity index (χ2n) is 4.15. The number of rotatable bonds is 2. The quantitative estimate of drug-likeness (QED) is 0.513. The highest BCUT2D eigenvalue weighted by Crippen LogP contribution is 2.34. The van der Waals surface area contributed by atoms with Crippen LogP contribution in [0.5, 0.6) is 0 Å². The number of aliphatic hydroxyl groups excluding tert-OH is 3. The lowest BCUT2D eigenvalue weighted by atomic mass is 10.0. The van der Waals surface area contributed by atoms with Gasteiger partial charge in [-0.1, -0.05) is 0 Å². The van der Waals surface area contributed by atoms with Crippen LogP contribution in [0.1, 0.15) is 11.8 Å². The first kappa shape index (κ1) is 11.5. The summed E-state index contributed by atoms with van der Waals surface area (Å²) in [5, 5.41) is 35.8. The molecule has 3 rings (SSSR count). The predicted octanol–water partition coefficient (Wildman–Crippen LogP) is -1.49. The zero-order valence-electron chi connectivity index (χ0n) is 9.26. The van der Waals surface area contributed by atoms with E-state index < -0.39 is 24.4 Å². The molecule has 0 amide bonds. The molecule has 96 valence electrons. The molecule has 1 saturated heterocycles. The number of ether oxygens (including phenoxy) is 1. The number of hydrogen-bond acceptors (Lipinski definition) is 7. The summed E-state index contributed by atoms with van der Waals surface area (Å²) >= 11 is 0. The van der Waals surface area contributed by atoms with E-state index in [0.29, 0.717) is 16.7 Å². The molecule has 8 heteroatoms. The molecular formula is C10H12N4O4. The molecule has 4 atom stereocenters. The minimum atomic E-state index is -1.14. The molecule has 1 aliphatic heterocycles. The molecule has 18 heavy (non-hydrogen) atoms. The maximum absolute atomic E-state index is 9.93. The Balaban J connectivity index is 2.02. The van der Waals surface area contributed by atoms with Crippen molar-refractivity contribution in [3.63, 3.8) is 0 Å². The van der Waals surface area contributed by atoms with E-state index in [9.17, 15) is 10.2 Å². The first-order chi connectivity index (χ1) is 8.72. The zero-order valence-corrected chi connectivity index (χ0v) is 9.26. The standard InChI is InChI=1S/C10H12N4O4/c15-2-5-7(16)8(17)9(18-5)6-4-1-13-14-10(4)12-3-11-6/h1,3,5,7-9,15-17H,2H2,(H,11,12,13,14)/t5-,7-,8-,9+/m1/s1. The first-order valence-corrected chi connectivity index (χ1v) is 5.49. The van der Waals surface area contributed by atoms with Crippen molar-refractivity contribution in [2.45, 2.75) is 24.4 Å². The molecule has 0 spiro atoms. The van der Waals surface area contributed by atoms with Gasteiger partial charge in [0.25, 0.3) is 0 Å². The van der Waals surface area contributed by atoms with Crippen LogP contribution in [0.15, 0.2) is 12.5 Å². The summed E-state index contributed by atoms with van der Waals surface area (Å²) in [7, 11) is 0. The molecule has 1 aliphatic rings. The minimum absolute atomic E-state index is 0.367.